The molecule has 4 heteroatoms. The van der Waals surface area contributed by atoms with Crippen LogP contribution in [0, 0.1) is 5.92 Å². The van der Waals surface area contributed by atoms with Crippen LogP contribution in [-0.4, -0.2) is 33.2 Å². The molecule has 0 saturated carbocycles. The molecule has 102 valence electrons. The van der Waals surface area contributed by atoms with Gasteiger partial charge in [-0.1, -0.05) is 12.1 Å². The number of carbonyl (C=O) groups is 1. The molecule has 0 aliphatic carbocycles. The Kier molecular flexibility index (Phi) is 2.97. The van der Waals surface area contributed by atoms with Crippen molar-refractivity contribution in [3.63, 3.8) is 0 Å². The van der Waals surface area contributed by atoms with Gasteiger partial charge in [0.2, 0.25) is 0 Å². The Morgan fingerprint density at radius 1 is 1.32 bits per heavy atom. The van der Waals surface area contributed by atoms with Gasteiger partial charge in [-0.15, -0.1) is 0 Å². The molecule has 0 aromatic heterocycles. The molecule has 2 N–H and O–H groups in total. The zero-order valence-electron chi connectivity index (χ0n) is 11.0. The maximum Gasteiger partial charge on any atom is 0.308 e. The van der Waals surface area contributed by atoms with Crippen LogP contribution in [-0.2, 0) is 4.79 Å². The molecule has 0 spiro atoms. The minimum atomic E-state index is -0.657. The van der Waals surface area contributed by atoms with E-state index in [1.807, 2.05) is 12.1 Å². The number of rotatable bonds is 3. The fraction of sp³-hybridized carbons (Fsp3) is 0.533. The minimum absolute atomic E-state index is 0.173. The molecule has 0 amide bonds. The van der Waals surface area contributed by atoms with Crippen molar-refractivity contribution < 1.29 is 15.0 Å². The van der Waals surface area contributed by atoms with Crippen LogP contribution < -0.4 is 0 Å². The zero-order chi connectivity index (χ0) is 13.6. The largest absolute Gasteiger partial charge is 0.508 e. The number of benzene rings is 1. The van der Waals surface area contributed by atoms with E-state index in [2.05, 4.69) is 11.8 Å². The first-order valence-electron chi connectivity index (χ1n) is 6.87. The lowest BCUT2D eigenvalue weighted by Gasteiger charge is -2.30. The molecule has 2 aliphatic heterocycles. The second-order valence-corrected chi connectivity index (χ2v) is 5.69. The van der Waals surface area contributed by atoms with Gasteiger partial charge < -0.3 is 10.2 Å². The number of fused-ring (bicyclic) bond motifs is 2. The lowest BCUT2D eigenvalue weighted by molar-refractivity contribution is -0.142. The number of carboxylic acid groups (broad SMARTS) is 1. The molecule has 19 heavy (non-hydrogen) atoms. The second-order valence-electron chi connectivity index (χ2n) is 5.69. The lowest BCUT2D eigenvalue weighted by atomic mass is 9.89. The van der Waals surface area contributed by atoms with Gasteiger partial charge in [0, 0.05) is 18.1 Å². The van der Waals surface area contributed by atoms with Crippen molar-refractivity contribution in [2.24, 2.45) is 5.92 Å². The summed E-state index contributed by atoms with van der Waals surface area (Å²) in [6, 6.07) is 8.02. The quantitative estimate of drug-likeness (QED) is 0.877. The molecule has 1 aromatic carbocycles. The number of hydrogen-bond donors (Lipinski definition) is 2. The third-order valence-corrected chi connectivity index (χ3v) is 4.73. The summed E-state index contributed by atoms with van der Waals surface area (Å²) >= 11 is 0. The van der Waals surface area contributed by atoms with Crippen molar-refractivity contribution in [2.45, 2.75) is 44.3 Å². The molecular weight excluding hydrogens is 242 g/mol. The maximum absolute atomic E-state index is 11.3. The molecule has 0 radical (unpaired) electrons. The van der Waals surface area contributed by atoms with Crippen LogP contribution in [0.4, 0.5) is 0 Å². The minimum Gasteiger partial charge on any atom is -0.508 e. The summed E-state index contributed by atoms with van der Waals surface area (Å²) in [5.74, 6) is -0.600. The van der Waals surface area contributed by atoms with Crippen LogP contribution in [0.2, 0.25) is 0 Å². The second kappa shape index (κ2) is 4.53. The highest BCUT2D eigenvalue weighted by Gasteiger charge is 2.50. The van der Waals surface area contributed by atoms with Crippen molar-refractivity contribution >= 4 is 5.97 Å². The number of hydrogen-bond acceptors (Lipinski definition) is 3. The normalized spacial score (nSPS) is 31.5. The molecule has 2 bridgehead atoms. The van der Waals surface area contributed by atoms with Gasteiger partial charge >= 0.3 is 5.97 Å². The summed E-state index contributed by atoms with van der Waals surface area (Å²) in [6.45, 7) is 2.13. The Labute approximate surface area is 112 Å². The highest BCUT2D eigenvalue weighted by Crippen LogP contribution is 2.46. The van der Waals surface area contributed by atoms with E-state index < -0.39 is 5.97 Å². The predicted octanol–water partition coefficient (Wildman–Crippen LogP) is 2.39. The predicted molar refractivity (Wildman–Crippen MR) is 70.9 cm³/mol. The van der Waals surface area contributed by atoms with Crippen molar-refractivity contribution in [3.05, 3.63) is 29.8 Å². The highest BCUT2D eigenvalue weighted by atomic mass is 16.4. The van der Waals surface area contributed by atoms with Gasteiger partial charge in [-0.25, -0.2) is 0 Å². The molecular formula is C15H19NO3. The molecule has 2 heterocycles. The van der Waals surface area contributed by atoms with Gasteiger partial charge in [0.15, 0.2) is 0 Å². The number of nitrogens with zero attached hydrogens (tertiary/aromatic N) is 1. The van der Waals surface area contributed by atoms with Gasteiger partial charge in [0.1, 0.15) is 5.75 Å². The van der Waals surface area contributed by atoms with Crippen molar-refractivity contribution in [2.75, 3.05) is 0 Å². The number of phenolic OH excluding ortho intramolecular Hbond substituents is 1. The van der Waals surface area contributed by atoms with Crippen LogP contribution in [0.5, 0.6) is 5.75 Å². The zero-order valence-corrected chi connectivity index (χ0v) is 11.0. The maximum atomic E-state index is 11.3. The lowest BCUT2D eigenvalue weighted by Crippen LogP contribution is -2.34. The Morgan fingerprint density at radius 2 is 2.00 bits per heavy atom. The summed E-state index contributed by atoms with van der Waals surface area (Å²) in [5, 5.41) is 18.6. The first-order chi connectivity index (χ1) is 9.08. The Hall–Kier alpha value is -1.55. The third kappa shape index (κ3) is 2.00. The smallest absolute Gasteiger partial charge is 0.308 e. The molecule has 4 nitrogen and oxygen atoms in total. The summed E-state index contributed by atoms with van der Waals surface area (Å²) in [6.07, 6.45) is 2.88. The number of aromatic hydroxyl groups is 1. The Balaban J connectivity index is 1.83. The van der Waals surface area contributed by atoms with Crippen molar-refractivity contribution in [3.8, 4) is 5.75 Å². The molecule has 3 rings (SSSR count). The first-order valence-corrected chi connectivity index (χ1v) is 6.87. The fourth-order valence-electron chi connectivity index (χ4n) is 3.82. The van der Waals surface area contributed by atoms with Gasteiger partial charge in [0.05, 0.1) is 5.92 Å². The SMILES string of the molecule is CC(c1ccc(O)cc1)N1C2CCC1C(C(=O)O)C2. The average Bonchev–Trinajstić information content (AvgIpc) is 2.96. The van der Waals surface area contributed by atoms with Crippen LogP contribution in [0.3, 0.4) is 0 Å². The van der Waals surface area contributed by atoms with Crippen LogP contribution >= 0.6 is 0 Å². The molecule has 2 fully saturated rings. The van der Waals surface area contributed by atoms with Crippen LogP contribution in [0.25, 0.3) is 0 Å². The number of phenols is 1. The van der Waals surface area contributed by atoms with Crippen molar-refractivity contribution in [1.29, 1.82) is 0 Å². The van der Waals surface area contributed by atoms with Gasteiger partial charge in [0.25, 0.3) is 0 Å². The van der Waals surface area contributed by atoms with Crippen molar-refractivity contribution in [1.82, 2.24) is 4.90 Å². The first kappa shape index (κ1) is 12.5. The summed E-state index contributed by atoms with van der Waals surface area (Å²) in [7, 11) is 0. The Morgan fingerprint density at radius 3 is 2.58 bits per heavy atom. The Bertz CT molecular complexity index is 485. The topological polar surface area (TPSA) is 60.8 Å². The average molecular weight is 261 g/mol. The molecule has 1 aromatic rings. The fourth-order valence-corrected chi connectivity index (χ4v) is 3.82. The monoisotopic (exact) mass is 261 g/mol. The van der Waals surface area contributed by atoms with E-state index in [1.54, 1.807) is 12.1 Å². The summed E-state index contributed by atoms with van der Waals surface area (Å²) in [5.41, 5.74) is 1.14. The van der Waals surface area contributed by atoms with Crippen LogP contribution in [0.15, 0.2) is 24.3 Å². The van der Waals surface area contributed by atoms with E-state index in [0.717, 1.165) is 24.8 Å². The highest BCUT2D eigenvalue weighted by molar-refractivity contribution is 5.71. The molecule has 4 unspecified atom stereocenters. The molecule has 2 aliphatic rings. The van der Waals surface area contributed by atoms with Crippen LogP contribution in [0.1, 0.15) is 37.8 Å². The number of aliphatic carboxylic acids is 1. The summed E-state index contributed by atoms with van der Waals surface area (Å²) in [4.78, 5) is 13.6. The number of carboxylic acids is 1. The third-order valence-electron chi connectivity index (χ3n) is 4.73. The van der Waals surface area contributed by atoms with Gasteiger partial charge in [-0.3, -0.25) is 9.69 Å². The van der Waals surface area contributed by atoms with E-state index in [0.29, 0.717) is 6.04 Å². The standard InChI is InChI=1S/C15H19NO3/c1-9(10-2-5-12(17)6-3-10)16-11-4-7-14(16)13(8-11)15(18)19/h2-3,5-6,9,11,13-14,17H,4,7-8H2,1H3,(H,18,19). The molecule has 2 saturated heterocycles. The van der Waals surface area contributed by atoms with E-state index >= 15 is 0 Å². The van der Waals surface area contributed by atoms with Gasteiger partial charge in [-0.2, -0.15) is 0 Å². The van der Waals surface area contributed by atoms with E-state index in [9.17, 15) is 15.0 Å². The summed E-state index contributed by atoms with van der Waals surface area (Å²) < 4.78 is 0. The van der Waals surface area contributed by atoms with E-state index in [1.165, 1.54) is 0 Å². The van der Waals surface area contributed by atoms with Gasteiger partial charge in [-0.05, 0) is 43.9 Å². The molecule has 4 atom stereocenters. The van der Waals surface area contributed by atoms with E-state index in [4.69, 9.17) is 0 Å². The van der Waals surface area contributed by atoms with E-state index in [-0.39, 0.29) is 23.8 Å².